The molecule has 1 aromatic heterocycles. The van der Waals surface area contributed by atoms with Crippen LogP contribution in [0.5, 0.6) is 5.88 Å². The molecule has 0 unspecified atom stereocenters. The monoisotopic (exact) mass is 290 g/mol. The van der Waals surface area contributed by atoms with Gasteiger partial charge in [-0.3, -0.25) is 0 Å². The van der Waals surface area contributed by atoms with Crippen LogP contribution in [0.2, 0.25) is 0 Å². The van der Waals surface area contributed by atoms with Crippen molar-refractivity contribution in [3.05, 3.63) is 59.0 Å². The summed E-state index contributed by atoms with van der Waals surface area (Å²) in [6.45, 7) is 0.484. The maximum Gasteiger partial charge on any atom is 0.217 e. The Morgan fingerprint density at radius 3 is 2.76 bits per heavy atom. The van der Waals surface area contributed by atoms with Crippen LogP contribution in [-0.4, -0.2) is 16.6 Å². The van der Waals surface area contributed by atoms with Gasteiger partial charge in [0.1, 0.15) is 17.5 Å². The van der Waals surface area contributed by atoms with E-state index in [1.165, 1.54) is 6.33 Å². The SMILES string of the molecule is Brc1cc(OC/C=C/c2ccccc2)ncn1. The Labute approximate surface area is 108 Å². The van der Waals surface area contributed by atoms with Crippen LogP contribution < -0.4 is 4.74 Å². The topological polar surface area (TPSA) is 35.0 Å². The number of rotatable bonds is 4. The highest BCUT2D eigenvalue weighted by atomic mass is 79.9. The van der Waals surface area contributed by atoms with Crippen LogP contribution in [0.3, 0.4) is 0 Å². The first-order valence-corrected chi connectivity index (χ1v) is 5.96. The summed E-state index contributed by atoms with van der Waals surface area (Å²) in [4.78, 5) is 7.91. The molecule has 0 N–H and O–H groups in total. The first kappa shape index (κ1) is 11.8. The first-order valence-electron chi connectivity index (χ1n) is 5.16. The molecule has 0 aliphatic carbocycles. The van der Waals surface area contributed by atoms with Crippen LogP contribution in [0.25, 0.3) is 6.08 Å². The summed E-state index contributed by atoms with van der Waals surface area (Å²) in [7, 11) is 0. The minimum Gasteiger partial charge on any atom is -0.473 e. The van der Waals surface area contributed by atoms with Gasteiger partial charge in [-0.1, -0.05) is 36.4 Å². The number of nitrogens with zero attached hydrogens (tertiary/aromatic N) is 2. The lowest BCUT2D eigenvalue weighted by molar-refractivity contribution is 0.348. The van der Waals surface area contributed by atoms with E-state index >= 15 is 0 Å². The summed E-state index contributed by atoms with van der Waals surface area (Å²) in [5, 5.41) is 0. The lowest BCUT2D eigenvalue weighted by Gasteiger charge is -2.00. The van der Waals surface area contributed by atoms with Crippen LogP contribution in [0.4, 0.5) is 0 Å². The molecule has 0 atom stereocenters. The molecule has 17 heavy (non-hydrogen) atoms. The average Bonchev–Trinajstić information content (AvgIpc) is 2.36. The molecule has 0 radical (unpaired) electrons. The van der Waals surface area contributed by atoms with E-state index in [4.69, 9.17) is 4.74 Å². The van der Waals surface area contributed by atoms with Crippen molar-refractivity contribution in [3.8, 4) is 5.88 Å². The van der Waals surface area contributed by atoms with Crippen molar-refractivity contribution < 1.29 is 4.74 Å². The fraction of sp³-hybridized carbons (Fsp3) is 0.0769. The van der Waals surface area contributed by atoms with Crippen molar-refractivity contribution >= 4 is 22.0 Å². The van der Waals surface area contributed by atoms with Gasteiger partial charge < -0.3 is 4.74 Å². The number of halogens is 1. The van der Waals surface area contributed by atoms with E-state index in [0.29, 0.717) is 12.5 Å². The van der Waals surface area contributed by atoms with Crippen molar-refractivity contribution in [1.29, 1.82) is 0 Å². The van der Waals surface area contributed by atoms with Gasteiger partial charge in [0.2, 0.25) is 5.88 Å². The number of hydrogen-bond donors (Lipinski definition) is 0. The Morgan fingerprint density at radius 2 is 2.00 bits per heavy atom. The van der Waals surface area contributed by atoms with E-state index < -0.39 is 0 Å². The molecule has 2 aromatic rings. The quantitative estimate of drug-likeness (QED) is 0.810. The smallest absolute Gasteiger partial charge is 0.217 e. The molecule has 1 heterocycles. The molecule has 0 saturated heterocycles. The maximum absolute atomic E-state index is 5.44. The van der Waals surface area contributed by atoms with Crippen molar-refractivity contribution in [1.82, 2.24) is 9.97 Å². The normalized spacial score (nSPS) is 10.6. The maximum atomic E-state index is 5.44. The summed E-state index contributed by atoms with van der Waals surface area (Å²) in [6, 6.07) is 11.8. The van der Waals surface area contributed by atoms with Crippen LogP contribution in [0, 0.1) is 0 Å². The predicted molar refractivity (Wildman–Crippen MR) is 70.7 cm³/mol. The molecule has 4 heteroatoms. The summed E-state index contributed by atoms with van der Waals surface area (Å²) < 4.78 is 6.16. The van der Waals surface area contributed by atoms with Crippen molar-refractivity contribution in [2.75, 3.05) is 6.61 Å². The van der Waals surface area contributed by atoms with Gasteiger partial charge in [-0.2, -0.15) is 0 Å². The average molecular weight is 291 g/mol. The molecule has 0 spiro atoms. The van der Waals surface area contributed by atoms with Gasteiger partial charge in [0.25, 0.3) is 0 Å². The van der Waals surface area contributed by atoms with Gasteiger partial charge in [-0.15, -0.1) is 0 Å². The predicted octanol–water partition coefficient (Wildman–Crippen LogP) is 3.33. The molecular weight excluding hydrogens is 280 g/mol. The molecule has 1 aromatic carbocycles. The minimum absolute atomic E-state index is 0.484. The molecular formula is C13H11BrN2O. The molecule has 0 bridgehead atoms. The molecule has 0 aliphatic heterocycles. The number of hydrogen-bond acceptors (Lipinski definition) is 3. The molecule has 3 nitrogen and oxygen atoms in total. The zero-order valence-corrected chi connectivity index (χ0v) is 10.7. The Hall–Kier alpha value is -1.68. The van der Waals surface area contributed by atoms with E-state index in [-0.39, 0.29) is 0 Å². The fourth-order valence-corrected chi connectivity index (χ4v) is 1.57. The van der Waals surface area contributed by atoms with Crippen LogP contribution >= 0.6 is 15.9 Å². The van der Waals surface area contributed by atoms with Crippen molar-refractivity contribution in [2.45, 2.75) is 0 Å². The molecule has 0 aliphatic rings. The summed E-state index contributed by atoms with van der Waals surface area (Å²) in [5.74, 6) is 0.560. The Balaban J connectivity index is 1.86. The second kappa shape index (κ2) is 6.15. The van der Waals surface area contributed by atoms with Gasteiger partial charge in [0.15, 0.2) is 0 Å². The third-order valence-corrected chi connectivity index (χ3v) is 2.48. The van der Waals surface area contributed by atoms with Crippen LogP contribution in [0.15, 0.2) is 53.4 Å². The minimum atomic E-state index is 0.484. The van der Waals surface area contributed by atoms with E-state index in [0.717, 1.165) is 10.2 Å². The summed E-state index contributed by atoms with van der Waals surface area (Å²) in [5.41, 5.74) is 1.15. The highest BCUT2D eigenvalue weighted by Crippen LogP contribution is 2.11. The molecule has 86 valence electrons. The Bertz CT molecular complexity index is 500. The third-order valence-electron chi connectivity index (χ3n) is 2.05. The van der Waals surface area contributed by atoms with E-state index in [9.17, 15) is 0 Å². The largest absolute Gasteiger partial charge is 0.473 e. The molecule has 0 amide bonds. The van der Waals surface area contributed by atoms with Crippen molar-refractivity contribution in [2.24, 2.45) is 0 Å². The first-order chi connectivity index (χ1) is 8.34. The van der Waals surface area contributed by atoms with Gasteiger partial charge in [0.05, 0.1) is 0 Å². The second-order valence-electron chi connectivity index (χ2n) is 3.30. The third kappa shape index (κ3) is 4.00. The number of aromatic nitrogens is 2. The van der Waals surface area contributed by atoms with E-state index in [1.807, 2.05) is 42.5 Å². The fourth-order valence-electron chi connectivity index (χ4n) is 1.28. The van der Waals surface area contributed by atoms with Gasteiger partial charge in [0, 0.05) is 6.07 Å². The Kier molecular flexibility index (Phi) is 4.27. The number of ether oxygens (including phenoxy) is 1. The molecule has 0 saturated carbocycles. The zero-order chi connectivity index (χ0) is 11.9. The highest BCUT2D eigenvalue weighted by molar-refractivity contribution is 9.10. The lowest BCUT2D eigenvalue weighted by atomic mass is 10.2. The summed E-state index contributed by atoms with van der Waals surface area (Å²) >= 11 is 3.26. The molecule has 2 rings (SSSR count). The molecule has 0 fully saturated rings. The van der Waals surface area contributed by atoms with Crippen LogP contribution in [-0.2, 0) is 0 Å². The second-order valence-corrected chi connectivity index (χ2v) is 4.12. The number of benzene rings is 1. The van der Waals surface area contributed by atoms with E-state index in [2.05, 4.69) is 25.9 Å². The highest BCUT2D eigenvalue weighted by Gasteiger charge is 1.94. The Morgan fingerprint density at radius 1 is 1.18 bits per heavy atom. The summed E-state index contributed by atoms with van der Waals surface area (Å²) in [6.07, 6.45) is 5.42. The van der Waals surface area contributed by atoms with E-state index in [1.54, 1.807) is 6.07 Å². The zero-order valence-electron chi connectivity index (χ0n) is 9.08. The van der Waals surface area contributed by atoms with Crippen molar-refractivity contribution in [3.63, 3.8) is 0 Å². The standard InChI is InChI=1S/C13H11BrN2O/c14-12-9-13(16-10-15-12)17-8-4-7-11-5-2-1-3-6-11/h1-7,9-10H,8H2/b7-4+. The van der Waals surface area contributed by atoms with Gasteiger partial charge in [-0.05, 0) is 27.6 Å². The van der Waals surface area contributed by atoms with Crippen LogP contribution in [0.1, 0.15) is 5.56 Å². The van der Waals surface area contributed by atoms with Gasteiger partial charge >= 0.3 is 0 Å². The van der Waals surface area contributed by atoms with Gasteiger partial charge in [-0.25, -0.2) is 9.97 Å². The lowest BCUT2D eigenvalue weighted by Crippen LogP contribution is -1.96.